The van der Waals surface area contributed by atoms with Crippen molar-refractivity contribution in [2.75, 3.05) is 0 Å². The molecule has 3 aromatic heterocycles. The highest BCUT2D eigenvalue weighted by atomic mass is 16.1. The maximum Gasteiger partial charge on any atom is 0.171 e. The van der Waals surface area contributed by atoms with E-state index in [1.165, 1.54) is 0 Å². The number of benzene rings is 1. The number of hydrogen-bond donors (Lipinski definition) is 2. The second-order valence-corrected chi connectivity index (χ2v) is 6.98. The molecule has 5 nitrogen and oxygen atoms in total. The van der Waals surface area contributed by atoms with Gasteiger partial charge in [-0.2, -0.15) is 0 Å². The summed E-state index contributed by atoms with van der Waals surface area (Å²) in [6.07, 6.45) is 5.36. The number of carbonyl (C=O) groups is 1. The Morgan fingerprint density at radius 3 is 2.75 bits per heavy atom. The summed E-state index contributed by atoms with van der Waals surface area (Å²) in [6, 6.07) is 8.05. The fourth-order valence-electron chi connectivity index (χ4n) is 2.91. The van der Waals surface area contributed by atoms with Gasteiger partial charge in [0, 0.05) is 34.3 Å². The molecule has 0 saturated heterocycles. The zero-order chi connectivity index (χ0) is 16.9. The van der Waals surface area contributed by atoms with Crippen molar-refractivity contribution in [3.05, 3.63) is 48.4 Å². The summed E-state index contributed by atoms with van der Waals surface area (Å²) in [4.78, 5) is 28.1. The molecular formula is C19H18N4O. The standard InChI is InChI=1S/C19H18N4O/c1-19(2,3)17(24)13-9-21-18-16(13)23-15(10-22-18)11-5-4-6-14-12(11)7-8-20-14/h4-10,20H,1-3H3,(H,21,22). The largest absolute Gasteiger partial charge is 0.361 e. The summed E-state index contributed by atoms with van der Waals surface area (Å²) < 4.78 is 0. The molecule has 0 spiro atoms. The van der Waals surface area contributed by atoms with E-state index in [1.54, 1.807) is 12.4 Å². The molecule has 24 heavy (non-hydrogen) atoms. The monoisotopic (exact) mass is 318 g/mol. The van der Waals surface area contributed by atoms with Crippen molar-refractivity contribution in [2.45, 2.75) is 20.8 Å². The molecule has 0 fully saturated rings. The number of carbonyl (C=O) groups excluding carboxylic acids is 1. The van der Waals surface area contributed by atoms with Gasteiger partial charge < -0.3 is 9.97 Å². The number of H-pyrrole nitrogens is 2. The Kier molecular flexibility index (Phi) is 3.06. The number of fused-ring (bicyclic) bond motifs is 2. The topological polar surface area (TPSA) is 74.4 Å². The van der Waals surface area contributed by atoms with Crippen molar-refractivity contribution >= 4 is 27.9 Å². The minimum atomic E-state index is -0.465. The smallest absolute Gasteiger partial charge is 0.171 e. The first-order valence-corrected chi connectivity index (χ1v) is 7.90. The SMILES string of the molecule is CC(C)(C)C(=O)c1c[nH]c2ncc(-c3cccc4[nH]ccc34)nc12. The lowest BCUT2D eigenvalue weighted by atomic mass is 9.87. The van der Waals surface area contributed by atoms with E-state index in [9.17, 15) is 4.79 Å². The molecule has 0 aliphatic carbocycles. The molecule has 120 valence electrons. The highest BCUT2D eigenvalue weighted by Gasteiger charge is 2.26. The second-order valence-electron chi connectivity index (χ2n) is 6.98. The van der Waals surface area contributed by atoms with Crippen LogP contribution in [-0.2, 0) is 0 Å². The second kappa shape index (κ2) is 5.03. The summed E-state index contributed by atoms with van der Waals surface area (Å²) in [5.74, 6) is 0.0556. The molecule has 0 aliphatic heterocycles. The third-order valence-corrected chi connectivity index (χ3v) is 4.18. The molecule has 0 bridgehead atoms. The van der Waals surface area contributed by atoms with Gasteiger partial charge >= 0.3 is 0 Å². The van der Waals surface area contributed by atoms with Crippen LogP contribution >= 0.6 is 0 Å². The molecule has 5 heteroatoms. The van der Waals surface area contributed by atoms with Crippen LogP contribution in [0.1, 0.15) is 31.1 Å². The van der Waals surface area contributed by atoms with Gasteiger partial charge in [-0.05, 0) is 12.1 Å². The number of hydrogen-bond acceptors (Lipinski definition) is 3. The van der Waals surface area contributed by atoms with Crippen molar-refractivity contribution in [1.82, 2.24) is 19.9 Å². The van der Waals surface area contributed by atoms with Crippen LogP contribution in [0.3, 0.4) is 0 Å². The number of aromatic nitrogens is 4. The summed E-state index contributed by atoms with van der Waals surface area (Å²) in [6.45, 7) is 5.73. The number of aromatic amines is 2. The van der Waals surface area contributed by atoms with Crippen molar-refractivity contribution < 1.29 is 4.79 Å². The van der Waals surface area contributed by atoms with Gasteiger partial charge in [0.1, 0.15) is 5.52 Å². The van der Waals surface area contributed by atoms with Gasteiger partial charge in [-0.1, -0.05) is 32.9 Å². The normalized spacial score (nSPS) is 12.1. The van der Waals surface area contributed by atoms with Gasteiger partial charge in [0.2, 0.25) is 0 Å². The summed E-state index contributed by atoms with van der Waals surface area (Å²) in [5, 5.41) is 1.09. The van der Waals surface area contributed by atoms with Crippen LogP contribution in [0, 0.1) is 5.41 Å². The van der Waals surface area contributed by atoms with E-state index in [0.717, 1.165) is 22.2 Å². The predicted molar refractivity (Wildman–Crippen MR) is 95.0 cm³/mol. The van der Waals surface area contributed by atoms with Crippen LogP contribution < -0.4 is 0 Å². The third-order valence-electron chi connectivity index (χ3n) is 4.18. The zero-order valence-electron chi connectivity index (χ0n) is 13.8. The molecule has 0 amide bonds. The quantitative estimate of drug-likeness (QED) is 0.540. The third kappa shape index (κ3) is 2.21. The maximum absolute atomic E-state index is 12.7. The van der Waals surface area contributed by atoms with E-state index in [4.69, 9.17) is 4.98 Å². The van der Waals surface area contributed by atoms with Gasteiger partial charge in [-0.3, -0.25) is 4.79 Å². The van der Waals surface area contributed by atoms with Crippen LogP contribution in [0.25, 0.3) is 33.3 Å². The molecule has 4 rings (SSSR count). The van der Waals surface area contributed by atoms with Crippen LogP contribution in [0.2, 0.25) is 0 Å². The average Bonchev–Trinajstić information content (AvgIpc) is 3.18. The summed E-state index contributed by atoms with van der Waals surface area (Å²) >= 11 is 0. The first kappa shape index (κ1) is 14.6. The van der Waals surface area contributed by atoms with Crippen LogP contribution in [0.5, 0.6) is 0 Å². The Morgan fingerprint density at radius 1 is 1.12 bits per heavy atom. The van der Waals surface area contributed by atoms with Crippen molar-refractivity contribution in [3.8, 4) is 11.3 Å². The average molecular weight is 318 g/mol. The van der Waals surface area contributed by atoms with E-state index in [0.29, 0.717) is 16.7 Å². The van der Waals surface area contributed by atoms with Gasteiger partial charge in [-0.25, -0.2) is 9.97 Å². The Hall–Kier alpha value is -2.95. The van der Waals surface area contributed by atoms with Gasteiger partial charge in [0.25, 0.3) is 0 Å². The number of ketones is 1. The Balaban J connectivity index is 1.92. The van der Waals surface area contributed by atoms with E-state index >= 15 is 0 Å². The van der Waals surface area contributed by atoms with Crippen molar-refractivity contribution in [2.24, 2.45) is 5.41 Å². The lowest BCUT2D eigenvalue weighted by Gasteiger charge is -2.15. The van der Waals surface area contributed by atoms with Gasteiger partial charge in [-0.15, -0.1) is 0 Å². The van der Waals surface area contributed by atoms with E-state index in [2.05, 4.69) is 15.0 Å². The molecular weight excluding hydrogens is 300 g/mol. The molecule has 2 N–H and O–H groups in total. The molecule has 0 radical (unpaired) electrons. The number of nitrogens with zero attached hydrogens (tertiary/aromatic N) is 2. The Morgan fingerprint density at radius 2 is 1.96 bits per heavy atom. The first-order valence-electron chi connectivity index (χ1n) is 7.90. The molecule has 0 saturated carbocycles. The van der Waals surface area contributed by atoms with E-state index in [1.807, 2.05) is 51.2 Å². The minimum absolute atomic E-state index is 0.0556. The lowest BCUT2D eigenvalue weighted by Crippen LogP contribution is -2.20. The summed E-state index contributed by atoms with van der Waals surface area (Å²) in [7, 11) is 0. The van der Waals surface area contributed by atoms with Crippen molar-refractivity contribution in [3.63, 3.8) is 0 Å². The first-order chi connectivity index (χ1) is 11.4. The van der Waals surface area contributed by atoms with Gasteiger partial charge in [0.05, 0.1) is 17.5 Å². The van der Waals surface area contributed by atoms with Crippen LogP contribution in [0.15, 0.2) is 42.9 Å². The van der Waals surface area contributed by atoms with Crippen LogP contribution in [0.4, 0.5) is 0 Å². The highest BCUT2D eigenvalue weighted by Crippen LogP contribution is 2.29. The van der Waals surface area contributed by atoms with E-state index in [-0.39, 0.29) is 5.78 Å². The highest BCUT2D eigenvalue weighted by molar-refractivity contribution is 6.08. The fourth-order valence-corrected chi connectivity index (χ4v) is 2.91. The Bertz CT molecular complexity index is 1070. The van der Waals surface area contributed by atoms with Gasteiger partial charge in [0.15, 0.2) is 11.4 Å². The molecule has 0 atom stereocenters. The predicted octanol–water partition coefficient (Wildman–Crippen LogP) is 4.34. The van der Waals surface area contributed by atoms with Crippen molar-refractivity contribution in [1.29, 1.82) is 0 Å². The number of nitrogens with one attached hydrogen (secondary N) is 2. The summed E-state index contributed by atoms with van der Waals surface area (Å²) in [5.41, 5.74) is 4.19. The molecule has 4 aromatic rings. The molecule has 3 heterocycles. The lowest BCUT2D eigenvalue weighted by molar-refractivity contribution is 0.0860. The molecule has 0 aliphatic rings. The number of rotatable bonds is 2. The van der Waals surface area contributed by atoms with Crippen LogP contribution in [-0.4, -0.2) is 25.7 Å². The zero-order valence-corrected chi connectivity index (χ0v) is 13.8. The minimum Gasteiger partial charge on any atom is -0.361 e. The number of Topliss-reactive ketones (excluding diaryl/α,β-unsaturated/α-hetero) is 1. The molecule has 0 unspecified atom stereocenters. The Labute approximate surface area is 139 Å². The van der Waals surface area contributed by atoms with E-state index < -0.39 is 5.41 Å². The molecule has 1 aromatic carbocycles. The maximum atomic E-state index is 12.7. The fraction of sp³-hybridized carbons (Fsp3) is 0.211.